The molecule has 176 valence electrons. The highest BCUT2D eigenvalue weighted by Gasteiger charge is 2.39. The van der Waals surface area contributed by atoms with E-state index in [9.17, 15) is 9.59 Å². The minimum atomic E-state index is -0.823. The molecule has 4 rings (SSSR count). The normalized spacial score (nSPS) is 17.4. The second-order valence-electron chi connectivity index (χ2n) is 8.92. The number of carboxylic acid groups (broad SMARTS) is 1. The average Bonchev–Trinajstić information content (AvgIpc) is 3.15. The van der Waals surface area contributed by atoms with E-state index >= 15 is 0 Å². The molecule has 1 fully saturated rings. The monoisotopic (exact) mass is 451 g/mol. The van der Waals surface area contributed by atoms with Gasteiger partial charge in [0.05, 0.1) is 6.04 Å². The van der Waals surface area contributed by atoms with Crippen molar-refractivity contribution in [3.63, 3.8) is 0 Å². The number of rotatable bonds is 10. The molecule has 1 unspecified atom stereocenters. The number of amides is 3. The first-order valence-corrected chi connectivity index (χ1v) is 11.9. The molecular weight excluding hydrogens is 418 g/mol. The number of nitrogens with zero attached hydrogens (tertiary/aromatic N) is 3. The fourth-order valence-electron chi connectivity index (χ4n) is 4.75. The number of hydrogen-bond acceptors (Lipinski definition) is 4. The lowest BCUT2D eigenvalue weighted by Gasteiger charge is -2.43. The highest BCUT2D eigenvalue weighted by atomic mass is 16.4. The molecule has 1 saturated heterocycles. The predicted molar refractivity (Wildman–Crippen MR) is 127 cm³/mol. The van der Waals surface area contributed by atoms with Crippen molar-refractivity contribution < 1.29 is 14.7 Å². The molecule has 3 N–H and O–H groups in total. The van der Waals surface area contributed by atoms with Gasteiger partial charge in [-0.15, -0.1) is 0 Å². The van der Waals surface area contributed by atoms with Crippen molar-refractivity contribution in [2.24, 2.45) is 0 Å². The quantitative estimate of drug-likeness (QED) is 0.478. The average molecular weight is 452 g/mol. The molecule has 0 aliphatic carbocycles. The third kappa shape index (κ3) is 5.94. The molecule has 2 aliphatic heterocycles. The van der Waals surface area contributed by atoms with Crippen molar-refractivity contribution >= 4 is 17.8 Å². The topological polar surface area (TPSA) is 97.8 Å². The summed E-state index contributed by atoms with van der Waals surface area (Å²) in [5.74, 6) is 0.511. The van der Waals surface area contributed by atoms with Crippen LogP contribution in [0.3, 0.4) is 0 Å². The van der Waals surface area contributed by atoms with Crippen LogP contribution in [0.2, 0.25) is 0 Å². The number of hydrogen-bond donors (Lipinski definition) is 3. The Kier molecular flexibility index (Phi) is 7.65. The highest BCUT2D eigenvalue weighted by molar-refractivity contribution is 5.73. The van der Waals surface area contributed by atoms with Gasteiger partial charge < -0.3 is 25.5 Å². The van der Waals surface area contributed by atoms with Gasteiger partial charge in [-0.1, -0.05) is 43.5 Å². The number of aromatic nitrogens is 1. The Morgan fingerprint density at radius 2 is 1.82 bits per heavy atom. The van der Waals surface area contributed by atoms with Crippen LogP contribution in [0.25, 0.3) is 0 Å². The summed E-state index contributed by atoms with van der Waals surface area (Å²) in [6, 6.07) is 12.5. The summed E-state index contributed by atoms with van der Waals surface area (Å²) < 4.78 is 0. The second-order valence-corrected chi connectivity index (χ2v) is 8.92. The molecule has 0 radical (unpaired) electrons. The zero-order valence-corrected chi connectivity index (χ0v) is 18.9. The first kappa shape index (κ1) is 22.9. The molecule has 0 spiro atoms. The standard InChI is InChI=1S/C25H33N5O3/c31-24(28-15-19-8-7-12-26-14-19)27-13-6-2-1-3-9-20-16-30(21-17-29(18-21)25(32)33)23-11-5-4-10-22(20)23/h4-5,7-8,10-12,14,20-21H,1-3,6,9,13,15-18H2,(H,32,33)(H2,27,28,31). The Labute approximate surface area is 195 Å². The van der Waals surface area contributed by atoms with Crippen molar-refractivity contribution in [2.75, 3.05) is 31.1 Å². The van der Waals surface area contributed by atoms with Crippen LogP contribution in [-0.2, 0) is 6.54 Å². The van der Waals surface area contributed by atoms with E-state index in [2.05, 4.69) is 44.8 Å². The van der Waals surface area contributed by atoms with E-state index < -0.39 is 6.09 Å². The minimum Gasteiger partial charge on any atom is -0.465 e. The lowest BCUT2D eigenvalue weighted by atomic mass is 9.95. The van der Waals surface area contributed by atoms with Crippen molar-refractivity contribution in [1.29, 1.82) is 0 Å². The number of benzene rings is 1. The van der Waals surface area contributed by atoms with Crippen LogP contribution in [0.4, 0.5) is 15.3 Å². The van der Waals surface area contributed by atoms with Crippen LogP contribution >= 0.6 is 0 Å². The smallest absolute Gasteiger partial charge is 0.407 e. The third-order valence-corrected chi connectivity index (χ3v) is 6.62. The summed E-state index contributed by atoms with van der Waals surface area (Å²) in [6.07, 6.45) is 8.16. The van der Waals surface area contributed by atoms with Crippen LogP contribution in [0.1, 0.15) is 49.1 Å². The molecule has 3 heterocycles. The van der Waals surface area contributed by atoms with E-state index in [0.29, 0.717) is 38.1 Å². The number of fused-ring (bicyclic) bond motifs is 1. The Morgan fingerprint density at radius 1 is 1.00 bits per heavy atom. The molecular formula is C25H33N5O3. The number of para-hydroxylation sites is 1. The van der Waals surface area contributed by atoms with Crippen LogP contribution in [0.15, 0.2) is 48.8 Å². The van der Waals surface area contributed by atoms with Gasteiger partial charge in [0.25, 0.3) is 0 Å². The fraction of sp³-hybridized carbons (Fsp3) is 0.480. The molecule has 1 aromatic carbocycles. The van der Waals surface area contributed by atoms with Gasteiger partial charge in [-0.3, -0.25) is 4.98 Å². The SMILES string of the molecule is O=C(NCCCCCCC1CN(C2CN(C(=O)O)C2)c2ccccc21)NCc1cccnc1. The van der Waals surface area contributed by atoms with Gasteiger partial charge in [0.2, 0.25) is 0 Å². The molecule has 2 aliphatic rings. The number of pyridine rings is 1. The summed E-state index contributed by atoms with van der Waals surface area (Å²) in [6.45, 7) is 3.34. The van der Waals surface area contributed by atoms with E-state index in [0.717, 1.165) is 44.2 Å². The van der Waals surface area contributed by atoms with Crippen molar-refractivity contribution in [2.45, 2.75) is 50.6 Å². The van der Waals surface area contributed by atoms with Gasteiger partial charge in [-0.25, -0.2) is 9.59 Å². The zero-order valence-electron chi connectivity index (χ0n) is 18.9. The van der Waals surface area contributed by atoms with Crippen molar-refractivity contribution in [3.8, 4) is 0 Å². The van der Waals surface area contributed by atoms with E-state index in [1.54, 1.807) is 12.4 Å². The van der Waals surface area contributed by atoms with Crippen LogP contribution in [0.5, 0.6) is 0 Å². The van der Waals surface area contributed by atoms with Gasteiger partial charge in [-0.05, 0) is 36.1 Å². The van der Waals surface area contributed by atoms with Crippen LogP contribution < -0.4 is 15.5 Å². The summed E-state index contributed by atoms with van der Waals surface area (Å²) in [4.78, 5) is 30.9. The van der Waals surface area contributed by atoms with E-state index in [-0.39, 0.29) is 6.03 Å². The minimum absolute atomic E-state index is 0.140. The van der Waals surface area contributed by atoms with E-state index in [4.69, 9.17) is 5.11 Å². The van der Waals surface area contributed by atoms with Crippen molar-refractivity contribution in [3.05, 3.63) is 59.9 Å². The maximum atomic E-state index is 11.9. The summed E-state index contributed by atoms with van der Waals surface area (Å²) in [5, 5.41) is 14.9. The predicted octanol–water partition coefficient (Wildman–Crippen LogP) is 3.80. The number of urea groups is 1. The summed E-state index contributed by atoms with van der Waals surface area (Å²) in [7, 11) is 0. The van der Waals surface area contributed by atoms with E-state index in [1.165, 1.54) is 16.2 Å². The molecule has 3 amide bonds. The number of unbranched alkanes of at least 4 members (excludes halogenated alkanes) is 3. The Morgan fingerprint density at radius 3 is 2.61 bits per heavy atom. The molecule has 2 aromatic rings. The first-order valence-electron chi connectivity index (χ1n) is 11.9. The fourth-order valence-corrected chi connectivity index (χ4v) is 4.75. The van der Waals surface area contributed by atoms with Gasteiger partial charge in [0, 0.05) is 56.7 Å². The Bertz CT molecular complexity index is 933. The van der Waals surface area contributed by atoms with Gasteiger partial charge in [0.15, 0.2) is 0 Å². The highest BCUT2D eigenvalue weighted by Crippen LogP contribution is 2.41. The van der Waals surface area contributed by atoms with Gasteiger partial charge in [-0.2, -0.15) is 0 Å². The van der Waals surface area contributed by atoms with Crippen LogP contribution in [-0.4, -0.2) is 59.3 Å². The van der Waals surface area contributed by atoms with Crippen molar-refractivity contribution in [1.82, 2.24) is 20.5 Å². The molecule has 1 aromatic heterocycles. The molecule has 8 nitrogen and oxygen atoms in total. The van der Waals surface area contributed by atoms with E-state index in [1.807, 2.05) is 12.1 Å². The lowest BCUT2D eigenvalue weighted by molar-refractivity contribution is 0.104. The first-order chi connectivity index (χ1) is 16.1. The molecule has 0 saturated carbocycles. The Hall–Kier alpha value is -3.29. The lowest BCUT2D eigenvalue weighted by Crippen LogP contribution is -2.60. The number of anilines is 1. The second kappa shape index (κ2) is 11.0. The summed E-state index contributed by atoms with van der Waals surface area (Å²) in [5.41, 5.74) is 3.66. The number of nitrogens with one attached hydrogen (secondary N) is 2. The number of carbonyl (C=O) groups is 2. The number of likely N-dealkylation sites (tertiary alicyclic amines) is 1. The molecule has 8 heteroatoms. The van der Waals surface area contributed by atoms with Crippen LogP contribution in [0, 0.1) is 0 Å². The zero-order chi connectivity index (χ0) is 23.0. The van der Waals surface area contributed by atoms with Gasteiger partial charge >= 0.3 is 12.1 Å². The third-order valence-electron chi connectivity index (χ3n) is 6.62. The number of carbonyl (C=O) groups excluding carboxylic acids is 1. The molecule has 1 atom stereocenters. The summed E-state index contributed by atoms with van der Waals surface area (Å²) >= 11 is 0. The molecule has 33 heavy (non-hydrogen) atoms. The van der Waals surface area contributed by atoms with Gasteiger partial charge in [0.1, 0.15) is 0 Å². The maximum absolute atomic E-state index is 11.9. The largest absolute Gasteiger partial charge is 0.465 e. The molecule has 0 bridgehead atoms. The maximum Gasteiger partial charge on any atom is 0.407 e. The Balaban J connectivity index is 1.11.